The van der Waals surface area contributed by atoms with Crippen molar-refractivity contribution >= 4 is 5.70 Å². The van der Waals surface area contributed by atoms with Gasteiger partial charge >= 0.3 is 0 Å². The lowest BCUT2D eigenvalue weighted by molar-refractivity contribution is 0.268. The van der Waals surface area contributed by atoms with Crippen LogP contribution in [-0.4, -0.2) is 25.3 Å². The molecular formula is C10H11N5O. The summed E-state index contributed by atoms with van der Waals surface area (Å²) in [5, 5.41) is 28.9. The molecule has 6 nitrogen and oxygen atoms in total. The molecule has 0 aliphatic heterocycles. The Morgan fingerprint density at radius 1 is 1.62 bits per heavy atom. The van der Waals surface area contributed by atoms with Gasteiger partial charge in [-0.3, -0.25) is 0 Å². The van der Waals surface area contributed by atoms with E-state index < -0.39 is 0 Å². The van der Waals surface area contributed by atoms with Gasteiger partial charge in [-0.25, -0.2) is 0 Å². The van der Waals surface area contributed by atoms with E-state index in [0.717, 1.165) is 5.70 Å². The minimum Gasteiger partial charge on any atom is -0.388 e. The first kappa shape index (κ1) is 10.5. The molecule has 0 radical (unpaired) electrons. The Hall–Kier alpha value is -2.00. The summed E-state index contributed by atoms with van der Waals surface area (Å²) in [6, 6.07) is 2.21. The number of hydrogen-bond acceptors (Lipinski definition) is 5. The van der Waals surface area contributed by atoms with Crippen molar-refractivity contribution in [3.05, 3.63) is 24.1 Å². The molecule has 2 atom stereocenters. The summed E-state index contributed by atoms with van der Waals surface area (Å²) < 4.78 is 1.47. The highest BCUT2D eigenvalue weighted by Crippen LogP contribution is 2.24. The fourth-order valence-electron chi connectivity index (χ4n) is 1.61. The van der Waals surface area contributed by atoms with Crippen molar-refractivity contribution in [1.82, 2.24) is 20.2 Å². The Balaban J connectivity index is 2.32. The second kappa shape index (κ2) is 4.24. The molecule has 2 unspecified atom stereocenters. The van der Waals surface area contributed by atoms with Crippen LogP contribution in [0.25, 0.3) is 5.70 Å². The molecular weight excluding hydrogens is 206 g/mol. The summed E-state index contributed by atoms with van der Waals surface area (Å²) in [5.41, 5.74) is 0.785. The number of tetrazole rings is 1. The van der Waals surface area contributed by atoms with Crippen LogP contribution in [0.2, 0.25) is 0 Å². The number of nitrogens with zero attached hydrogens (tertiary/aromatic N) is 5. The third-order valence-electron chi connectivity index (χ3n) is 2.54. The Labute approximate surface area is 92.5 Å². The predicted octanol–water partition coefficient (Wildman–Crippen LogP) is 0.352. The van der Waals surface area contributed by atoms with E-state index in [-0.39, 0.29) is 18.4 Å². The number of hydrogen-bond donors (Lipinski definition) is 1. The van der Waals surface area contributed by atoms with E-state index in [1.54, 1.807) is 6.08 Å². The quantitative estimate of drug-likeness (QED) is 0.772. The van der Waals surface area contributed by atoms with Gasteiger partial charge in [-0.05, 0) is 22.4 Å². The van der Waals surface area contributed by atoms with Crippen LogP contribution in [0.4, 0.5) is 0 Å². The minimum atomic E-state index is -0.214. The van der Waals surface area contributed by atoms with Gasteiger partial charge in [0.1, 0.15) is 6.61 Å². The van der Waals surface area contributed by atoms with Gasteiger partial charge in [0.25, 0.3) is 0 Å². The molecule has 0 amide bonds. The number of nitriles is 1. The monoisotopic (exact) mass is 217 g/mol. The first-order valence-corrected chi connectivity index (χ1v) is 4.94. The molecule has 1 aromatic heterocycles. The van der Waals surface area contributed by atoms with E-state index >= 15 is 0 Å². The van der Waals surface area contributed by atoms with Crippen LogP contribution in [0.15, 0.2) is 18.2 Å². The van der Waals surface area contributed by atoms with Gasteiger partial charge in [0.05, 0.1) is 17.7 Å². The second-order valence-corrected chi connectivity index (χ2v) is 3.63. The molecule has 82 valence electrons. The third-order valence-corrected chi connectivity index (χ3v) is 2.54. The molecule has 1 aliphatic carbocycles. The molecule has 0 aromatic carbocycles. The van der Waals surface area contributed by atoms with Crippen LogP contribution in [0, 0.1) is 23.2 Å². The van der Waals surface area contributed by atoms with Gasteiger partial charge in [0.15, 0.2) is 5.82 Å². The molecule has 0 fully saturated rings. The van der Waals surface area contributed by atoms with Crippen LogP contribution in [0.1, 0.15) is 12.7 Å². The molecule has 1 aliphatic rings. The van der Waals surface area contributed by atoms with Crippen LogP contribution >= 0.6 is 0 Å². The highest BCUT2D eigenvalue weighted by Gasteiger charge is 2.18. The van der Waals surface area contributed by atoms with Crippen LogP contribution in [-0.2, 0) is 6.61 Å². The van der Waals surface area contributed by atoms with Crippen molar-refractivity contribution in [2.24, 2.45) is 11.8 Å². The Morgan fingerprint density at radius 2 is 2.44 bits per heavy atom. The van der Waals surface area contributed by atoms with Crippen molar-refractivity contribution in [3.63, 3.8) is 0 Å². The van der Waals surface area contributed by atoms with Crippen molar-refractivity contribution < 1.29 is 5.11 Å². The van der Waals surface area contributed by atoms with Crippen LogP contribution in [0.5, 0.6) is 0 Å². The molecule has 1 N–H and O–H groups in total. The Morgan fingerprint density at radius 3 is 3.06 bits per heavy atom. The molecule has 1 heterocycles. The van der Waals surface area contributed by atoms with E-state index in [4.69, 9.17) is 10.4 Å². The largest absolute Gasteiger partial charge is 0.388 e. The lowest BCUT2D eigenvalue weighted by Gasteiger charge is -2.16. The van der Waals surface area contributed by atoms with Crippen LogP contribution in [0.3, 0.4) is 0 Å². The first-order valence-electron chi connectivity index (χ1n) is 4.94. The second-order valence-electron chi connectivity index (χ2n) is 3.63. The molecule has 6 heteroatoms. The van der Waals surface area contributed by atoms with Gasteiger partial charge in [-0.15, -0.1) is 5.10 Å². The average molecular weight is 217 g/mol. The fraction of sp³-hybridized carbons (Fsp3) is 0.400. The number of rotatable bonds is 2. The number of allylic oxidation sites excluding steroid dienone is 4. The summed E-state index contributed by atoms with van der Waals surface area (Å²) in [6.07, 6.45) is 5.54. The number of aliphatic hydroxyl groups excluding tert-OH is 1. The molecule has 0 bridgehead atoms. The first-order chi connectivity index (χ1) is 7.76. The van der Waals surface area contributed by atoms with Crippen molar-refractivity contribution in [3.8, 4) is 6.07 Å². The smallest absolute Gasteiger partial charge is 0.181 e. The maximum atomic E-state index is 9.04. The standard InChI is InChI=1S/C10H11N5O/c1-7-4-9(3-2-8(7)5-11)15-10(6-16)12-13-14-15/h2-4,7-8,16H,6H2,1H3. The maximum Gasteiger partial charge on any atom is 0.181 e. The van der Waals surface area contributed by atoms with E-state index in [0.29, 0.717) is 5.82 Å². The Kier molecular flexibility index (Phi) is 2.79. The van der Waals surface area contributed by atoms with Gasteiger partial charge < -0.3 is 5.11 Å². The molecule has 0 spiro atoms. The highest BCUT2D eigenvalue weighted by molar-refractivity contribution is 5.59. The number of aliphatic hydroxyl groups is 1. The van der Waals surface area contributed by atoms with E-state index in [1.807, 2.05) is 19.1 Å². The van der Waals surface area contributed by atoms with Gasteiger partial charge in [0.2, 0.25) is 0 Å². The average Bonchev–Trinajstić information content (AvgIpc) is 2.77. The van der Waals surface area contributed by atoms with Crippen molar-refractivity contribution in [1.29, 1.82) is 5.26 Å². The number of aromatic nitrogens is 4. The van der Waals surface area contributed by atoms with Gasteiger partial charge in [-0.2, -0.15) is 9.94 Å². The van der Waals surface area contributed by atoms with Crippen molar-refractivity contribution in [2.75, 3.05) is 0 Å². The SMILES string of the molecule is CC1C=C(n2nnnc2CO)C=CC1C#N. The molecule has 16 heavy (non-hydrogen) atoms. The lowest BCUT2D eigenvalue weighted by atomic mass is 9.90. The van der Waals surface area contributed by atoms with E-state index in [1.165, 1.54) is 4.68 Å². The van der Waals surface area contributed by atoms with Crippen molar-refractivity contribution in [2.45, 2.75) is 13.5 Å². The summed E-state index contributed by atoms with van der Waals surface area (Å²) in [5.74, 6) is 0.386. The molecule has 0 saturated heterocycles. The highest BCUT2D eigenvalue weighted by atomic mass is 16.3. The maximum absolute atomic E-state index is 9.04. The Bertz CT molecular complexity index is 482. The zero-order valence-electron chi connectivity index (χ0n) is 8.78. The van der Waals surface area contributed by atoms with Gasteiger partial charge in [-0.1, -0.05) is 19.1 Å². The van der Waals surface area contributed by atoms with Gasteiger partial charge in [0, 0.05) is 0 Å². The third kappa shape index (κ3) is 1.73. The van der Waals surface area contributed by atoms with Crippen LogP contribution < -0.4 is 0 Å². The zero-order chi connectivity index (χ0) is 11.5. The lowest BCUT2D eigenvalue weighted by Crippen LogP contribution is -2.13. The van der Waals surface area contributed by atoms with E-state index in [2.05, 4.69) is 21.6 Å². The summed E-state index contributed by atoms with van der Waals surface area (Å²) in [6.45, 7) is 1.74. The summed E-state index contributed by atoms with van der Waals surface area (Å²) in [4.78, 5) is 0. The van der Waals surface area contributed by atoms with E-state index in [9.17, 15) is 0 Å². The topological polar surface area (TPSA) is 87.6 Å². The summed E-state index contributed by atoms with van der Waals surface area (Å²) >= 11 is 0. The molecule has 1 aromatic rings. The fourth-order valence-corrected chi connectivity index (χ4v) is 1.61. The normalized spacial score (nSPS) is 23.9. The molecule has 2 rings (SSSR count). The molecule has 0 saturated carbocycles. The minimum absolute atomic E-state index is 0.112. The predicted molar refractivity (Wildman–Crippen MR) is 55.4 cm³/mol. The summed E-state index contributed by atoms with van der Waals surface area (Å²) in [7, 11) is 0. The zero-order valence-corrected chi connectivity index (χ0v) is 8.78.